The van der Waals surface area contributed by atoms with E-state index in [1.54, 1.807) is 31.7 Å². The highest BCUT2D eigenvalue weighted by Gasteiger charge is 2.36. The van der Waals surface area contributed by atoms with Crippen molar-refractivity contribution < 1.29 is 13.2 Å². The van der Waals surface area contributed by atoms with Crippen LogP contribution in [-0.2, 0) is 14.6 Å². The molecule has 15 heavy (non-hydrogen) atoms. The lowest BCUT2D eigenvalue weighted by molar-refractivity contribution is -0.126. The molecule has 0 aliphatic carbocycles. The molecule has 1 fully saturated rings. The van der Waals surface area contributed by atoms with Crippen molar-refractivity contribution in [2.75, 3.05) is 13.1 Å². The third-order valence-corrected chi connectivity index (χ3v) is 5.24. The Balaban J connectivity index is 2.82. The fraction of sp³-hybridized carbons (Fsp3) is 0.700. The number of hydrogen-bond donors (Lipinski definition) is 0. The van der Waals surface area contributed by atoms with Gasteiger partial charge in [0, 0.05) is 13.1 Å². The molecule has 0 aromatic heterocycles. The fourth-order valence-corrected chi connectivity index (χ4v) is 3.30. The summed E-state index contributed by atoms with van der Waals surface area (Å²) in [6, 6.07) is 0. The van der Waals surface area contributed by atoms with Crippen LogP contribution in [-0.4, -0.2) is 42.8 Å². The van der Waals surface area contributed by atoms with Crippen LogP contribution in [0.3, 0.4) is 0 Å². The number of hydrogen-bond acceptors (Lipinski definition) is 3. The molecule has 0 aromatic rings. The highest BCUT2D eigenvalue weighted by atomic mass is 32.2. The number of sulfone groups is 1. The van der Waals surface area contributed by atoms with E-state index >= 15 is 0 Å². The van der Waals surface area contributed by atoms with Crippen molar-refractivity contribution in [3.63, 3.8) is 0 Å². The number of rotatable bonds is 1. The lowest BCUT2D eigenvalue weighted by Crippen LogP contribution is -2.51. The van der Waals surface area contributed by atoms with Gasteiger partial charge in [-0.25, -0.2) is 8.42 Å². The van der Waals surface area contributed by atoms with Crippen LogP contribution in [0.25, 0.3) is 0 Å². The molecule has 4 nitrogen and oxygen atoms in total. The van der Waals surface area contributed by atoms with Gasteiger partial charge in [0.15, 0.2) is 9.84 Å². The quantitative estimate of drug-likeness (QED) is 0.621. The van der Waals surface area contributed by atoms with Crippen molar-refractivity contribution in [2.45, 2.75) is 31.3 Å². The number of allylic oxidation sites excluding steroid dienone is 1. The average Bonchev–Trinajstić information content (AvgIpc) is 2.14. The van der Waals surface area contributed by atoms with E-state index in [4.69, 9.17) is 0 Å². The van der Waals surface area contributed by atoms with E-state index in [0.717, 1.165) is 0 Å². The molecular weight excluding hydrogens is 214 g/mol. The number of nitrogens with zero attached hydrogens (tertiary/aromatic N) is 1. The molecule has 5 heteroatoms. The first kappa shape index (κ1) is 12.2. The minimum absolute atomic E-state index is 0.105. The topological polar surface area (TPSA) is 54.5 Å². The Bertz CT molecular complexity index is 354. The summed E-state index contributed by atoms with van der Waals surface area (Å²) in [6.45, 7) is 5.68. The Labute approximate surface area is 90.9 Å². The summed E-state index contributed by atoms with van der Waals surface area (Å²) in [6.07, 6.45) is 3.14. The van der Waals surface area contributed by atoms with E-state index in [1.807, 2.05) is 0 Å². The Morgan fingerprint density at radius 2 is 1.73 bits per heavy atom. The Hall–Kier alpha value is -0.840. The summed E-state index contributed by atoms with van der Waals surface area (Å²) in [5, 5.41) is -0.925. The zero-order chi connectivity index (χ0) is 11.6. The lowest BCUT2D eigenvalue weighted by atomic mass is 10.3. The molecular formula is C10H17NO3S. The van der Waals surface area contributed by atoms with Crippen LogP contribution in [0, 0.1) is 0 Å². The highest BCUT2D eigenvalue weighted by molar-refractivity contribution is 7.92. The molecule has 86 valence electrons. The van der Waals surface area contributed by atoms with Gasteiger partial charge in [-0.15, -0.1) is 0 Å². The van der Waals surface area contributed by atoms with Crippen LogP contribution in [0.5, 0.6) is 0 Å². The highest BCUT2D eigenvalue weighted by Crippen LogP contribution is 2.18. The van der Waals surface area contributed by atoms with E-state index in [9.17, 15) is 13.2 Å². The minimum atomic E-state index is -3.04. The van der Waals surface area contributed by atoms with Gasteiger partial charge >= 0.3 is 0 Å². The van der Waals surface area contributed by atoms with Crippen molar-refractivity contribution in [2.24, 2.45) is 0 Å². The Morgan fingerprint density at radius 1 is 1.27 bits per heavy atom. The largest absolute Gasteiger partial charge is 0.337 e. The molecule has 1 saturated heterocycles. The van der Waals surface area contributed by atoms with Crippen molar-refractivity contribution >= 4 is 15.7 Å². The number of carbonyl (C=O) groups is 1. The van der Waals surface area contributed by atoms with E-state index in [2.05, 4.69) is 0 Å². The first-order valence-electron chi connectivity index (χ1n) is 5.04. The normalized spacial score (nSPS) is 30.7. The summed E-state index contributed by atoms with van der Waals surface area (Å²) in [7, 11) is -3.04. The van der Waals surface area contributed by atoms with E-state index in [-0.39, 0.29) is 5.91 Å². The van der Waals surface area contributed by atoms with Crippen molar-refractivity contribution in [1.29, 1.82) is 0 Å². The zero-order valence-corrected chi connectivity index (χ0v) is 10.1. The molecule has 1 rings (SSSR count). The van der Waals surface area contributed by atoms with Crippen LogP contribution in [0.4, 0.5) is 0 Å². The molecule has 0 saturated carbocycles. The van der Waals surface area contributed by atoms with Gasteiger partial charge in [0.2, 0.25) is 5.91 Å². The van der Waals surface area contributed by atoms with E-state index in [1.165, 1.54) is 6.08 Å². The molecule has 1 amide bonds. The molecule has 0 N–H and O–H groups in total. The molecule has 1 aliphatic rings. The van der Waals surface area contributed by atoms with Gasteiger partial charge in [0.05, 0.1) is 10.5 Å². The summed E-state index contributed by atoms with van der Waals surface area (Å²) < 4.78 is 23.4. The monoisotopic (exact) mass is 231 g/mol. The van der Waals surface area contributed by atoms with Crippen LogP contribution >= 0.6 is 0 Å². The van der Waals surface area contributed by atoms with Crippen molar-refractivity contribution in [3.8, 4) is 0 Å². The van der Waals surface area contributed by atoms with Gasteiger partial charge < -0.3 is 4.90 Å². The maximum atomic E-state index is 11.7. The Kier molecular flexibility index (Phi) is 3.54. The van der Waals surface area contributed by atoms with Gasteiger partial charge in [-0.3, -0.25) is 4.79 Å². The first-order chi connectivity index (χ1) is 6.89. The molecule has 0 spiro atoms. The van der Waals surface area contributed by atoms with Crippen LogP contribution in [0.15, 0.2) is 12.2 Å². The lowest BCUT2D eigenvalue weighted by Gasteiger charge is -2.34. The summed E-state index contributed by atoms with van der Waals surface area (Å²) in [5.41, 5.74) is 0. The van der Waals surface area contributed by atoms with Gasteiger partial charge in [-0.2, -0.15) is 0 Å². The standard InChI is InChI=1S/C10H17NO3S/c1-4-5-10(12)11-6-8(2)15(13,14)9(3)7-11/h4-5,8-9H,6-7H2,1-3H3/b5-4+. The van der Waals surface area contributed by atoms with Crippen molar-refractivity contribution in [1.82, 2.24) is 4.90 Å². The summed E-state index contributed by atoms with van der Waals surface area (Å²) >= 11 is 0. The van der Waals surface area contributed by atoms with Gasteiger partial charge in [0.25, 0.3) is 0 Å². The van der Waals surface area contributed by atoms with E-state index < -0.39 is 20.3 Å². The smallest absolute Gasteiger partial charge is 0.246 e. The molecule has 0 bridgehead atoms. The first-order valence-corrected chi connectivity index (χ1v) is 6.64. The maximum absolute atomic E-state index is 11.7. The summed E-state index contributed by atoms with van der Waals surface area (Å²) in [5.74, 6) is -0.105. The van der Waals surface area contributed by atoms with Crippen LogP contribution in [0.1, 0.15) is 20.8 Å². The zero-order valence-electron chi connectivity index (χ0n) is 9.30. The van der Waals surface area contributed by atoms with Gasteiger partial charge in [0.1, 0.15) is 0 Å². The third kappa shape index (κ3) is 2.40. The molecule has 2 unspecified atom stereocenters. The van der Waals surface area contributed by atoms with Crippen LogP contribution < -0.4 is 0 Å². The number of amides is 1. The average molecular weight is 231 g/mol. The molecule has 2 atom stereocenters. The number of carbonyl (C=O) groups excluding carboxylic acids is 1. The predicted molar refractivity (Wildman–Crippen MR) is 59.2 cm³/mol. The van der Waals surface area contributed by atoms with Crippen molar-refractivity contribution in [3.05, 3.63) is 12.2 Å². The minimum Gasteiger partial charge on any atom is -0.337 e. The molecule has 1 aliphatic heterocycles. The third-order valence-electron chi connectivity index (χ3n) is 2.70. The molecule has 1 heterocycles. The van der Waals surface area contributed by atoms with E-state index in [0.29, 0.717) is 13.1 Å². The second kappa shape index (κ2) is 4.35. The second-order valence-electron chi connectivity index (χ2n) is 3.95. The Morgan fingerprint density at radius 3 is 2.13 bits per heavy atom. The molecule has 0 radical (unpaired) electrons. The maximum Gasteiger partial charge on any atom is 0.246 e. The predicted octanol–water partition coefficient (Wildman–Crippen LogP) is 0.597. The molecule has 0 aromatic carbocycles. The SMILES string of the molecule is C/C=C/C(=O)N1CC(C)S(=O)(=O)C(C)C1. The summed E-state index contributed by atoms with van der Waals surface area (Å²) in [4.78, 5) is 13.1. The van der Waals surface area contributed by atoms with Crippen LogP contribution in [0.2, 0.25) is 0 Å². The van der Waals surface area contributed by atoms with Gasteiger partial charge in [-0.1, -0.05) is 6.08 Å². The van der Waals surface area contributed by atoms with Gasteiger partial charge in [-0.05, 0) is 26.8 Å². The second-order valence-corrected chi connectivity index (χ2v) is 6.74. The fourth-order valence-electron chi connectivity index (χ4n) is 1.73.